The molecular formula is C27H29ClN2O3. The maximum absolute atomic E-state index is 10.5. The van der Waals surface area contributed by atoms with E-state index in [9.17, 15) is 4.79 Å². The highest BCUT2D eigenvalue weighted by Gasteiger charge is 2.19. The van der Waals surface area contributed by atoms with Crippen LogP contribution in [0.5, 0.6) is 0 Å². The van der Waals surface area contributed by atoms with Gasteiger partial charge in [0.1, 0.15) is 6.61 Å². The summed E-state index contributed by atoms with van der Waals surface area (Å²) in [5.74, 6) is -0.769. The van der Waals surface area contributed by atoms with E-state index >= 15 is 0 Å². The number of carbonyl (C=O) groups is 1. The fraction of sp³-hybridized carbons (Fsp3) is 0.296. The van der Waals surface area contributed by atoms with Crippen molar-refractivity contribution in [2.24, 2.45) is 0 Å². The maximum atomic E-state index is 10.5. The predicted molar refractivity (Wildman–Crippen MR) is 132 cm³/mol. The third kappa shape index (κ3) is 6.35. The van der Waals surface area contributed by atoms with Crippen LogP contribution in [0.1, 0.15) is 22.6 Å². The highest BCUT2D eigenvalue weighted by atomic mass is 35.5. The normalized spacial score (nSPS) is 15.4. The van der Waals surface area contributed by atoms with Crippen molar-refractivity contribution in [1.29, 1.82) is 0 Å². The minimum atomic E-state index is -0.922. The molecule has 1 unspecified atom stereocenters. The van der Waals surface area contributed by atoms with E-state index in [2.05, 4.69) is 70.5 Å². The van der Waals surface area contributed by atoms with E-state index in [1.807, 2.05) is 18.2 Å². The number of ether oxygens (including phenoxy) is 1. The number of carboxylic acid groups (broad SMARTS) is 1. The Morgan fingerprint density at radius 2 is 1.42 bits per heavy atom. The largest absolute Gasteiger partial charge is 0.480 e. The molecule has 4 rings (SSSR count). The van der Waals surface area contributed by atoms with E-state index in [1.165, 1.54) is 22.4 Å². The molecule has 172 valence electrons. The van der Waals surface area contributed by atoms with Crippen LogP contribution in [0.25, 0.3) is 0 Å². The summed E-state index contributed by atoms with van der Waals surface area (Å²) in [6.07, 6.45) is 0. The van der Waals surface area contributed by atoms with Crippen molar-refractivity contribution >= 4 is 23.3 Å². The van der Waals surface area contributed by atoms with Crippen molar-refractivity contribution in [3.8, 4) is 0 Å². The van der Waals surface area contributed by atoms with Gasteiger partial charge in [-0.1, -0.05) is 66.2 Å². The molecule has 5 nitrogen and oxygen atoms in total. The van der Waals surface area contributed by atoms with Crippen molar-refractivity contribution in [3.63, 3.8) is 0 Å². The molecular weight excluding hydrogens is 436 g/mol. The molecule has 0 spiro atoms. The molecule has 0 saturated carbocycles. The molecule has 0 radical (unpaired) electrons. The second kappa shape index (κ2) is 11.3. The summed E-state index contributed by atoms with van der Waals surface area (Å²) >= 11 is 6.13. The number of halogens is 1. The molecule has 1 saturated heterocycles. The fourth-order valence-electron chi connectivity index (χ4n) is 4.34. The van der Waals surface area contributed by atoms with E-state index in [0.29, 0.717) is 6.61 Å². The van der Waals surface area contributed by atoms with Crippen molar-refractivity contribution in [3.05, 3.63) is 101 Å². The quantitative estimate of drug-likeness (QED) is 0.366. The Morgan fingerprint density at radius 1 is 0.848 bits per heavy atom. The van der Waals surface area contributed by atoms with Crippen molar-refractivity contribution < 1.29 is 14.6 Å². The third-order valence-corrected chi connectivity index (χ3v) is 6.33. The second-order valence-corrected chi connectivity index (χ2v) is 8.70. The lowest BCUT2D eigenvalue weighted by Gasteiger charge is -2.36. The Labute approximate surface area is 200 Å². The van der Waals surface area contributed by atoms with Crippen molar-refractivity contribution in [2.75, 3.05) is 50.8 Å². The number of rotatable bonds is 9. The second-order valence-electron chi connectivity index (χ2n) is 8.26. The summed E-state index contributed by atoms with van der Waals surface area (Å²) in [5, 5.41) is 9.40. The first-order valence-corrected chi connectivity index (χ1v) is 11.6. The molecule has 1 heterocycles. The average Bonchev–Trinajstić information content (AvgIpc) is 2.85. The Kier molecular flexibility index (Phi) is 8.00. The first-order chi connectivity index (χ1) is 16.1. The molecule has 1 aliphatic rings. The summed E-state index contributed by atoms with van der Waals surface area (Å²) in [6.45, 7) is 4.75. The molecule has 0 aliphatic carbocycles. The zero-order valence-electron chi connectivity index (χ0n) is 18.6. The molecule has 0 amide bonds. The van der Waals surface area contributed by atoms with Gasteiger partial charge in [-0.05, 0) is 41.0 Å². The number of benzene rings is 3. The summed E-state index contributed by atoms with van der Waals surface area (Å²) < 4.78 is 5.16. The first-order valence-electron chi connectivity index (χ1n) is 11.3. The summed E-state index contributed by atoms with van der Waals surface area (Å²) in [4.78, 5) is 15.3. The van der Waals surface area contributed by atoms with Gasteiger partial charge in [0, 0.05) is 49.4 Å². The number of carboxylic acids is 1. The van der Waals surface area contributed by atoms with Gasteiger partial charge in [-0.15, -0.1) is 0 Å². The average molecular weight is 465 g/mol. The van der Waals surface area contributed by atoms with Gasteiger partial charge in [0.25, 0.3) is 0 Å². The Bertz CT molecular complexity index is 1020. The highest BCUT2D eigenvalue weighted by Crippen LogP contribution is 2.33. The van der Waals surface area contributed by atoms with Gasteiger partial charge >= 0.3 is 5.97 Å². The Morgan fingerprint density at radius 3 is 2.03 bits per heavy atom. The minimum Gasteiger partial charge on any atom is -0.480 e. The lowest BCUT2D eigenvalue weighted by atomic mass is 9.85. The lowest BCUT2D eigenvalue weighted by Crippen LogP contribution is -2.47. The molecule has 1 fully saturated rings. The van der Waals surface area contributed by atoms with Gasteiger partial charge in [-0.3, -0.25) is 4.90 Å². The number of hydrogen-bond acceptors (Lipinski definition) is 4. The zero-order valence-corrected chi connectivity index (χ0v) is 19.3. The molecule has 1 atom stereocenters. The molecule has 3 aromatic carbocycles. The summed E-state index contributed by atoms with van der Waals surface area (Å²) in [5.41, 5.74) is 4.95. The molecule has 1 N–H and O–H groups in total. The molecule has 1 aliphatic heterocycles. The van der Waals surface area contributed by atoms with Crippen molar-refractivity contribution in [1.82, 2.24) is 4.90 Å². The number of nitrogens with zero attached hydrogens (tertiary/aromatic N) is 2. The lowest BCUT2D eigenvalue weighted by molar-refractivity contribution is -0.142. The SMILES string of the molecule is O=C(O)COCCN1CCN(c2ccc(C(c3ccccc3)c3ccc(Cl)cc3)cc2)CC1. The molecule has 0 aromatic heterocycles. The topological polar surface area (TPSA) is 53.0 Å². The van der Waals surface area contributed by atoms with E-state index in [1.54, 1.807) is 0 Å². The van der Waals surface area contributed by atoms with Gasteiger partial charge in [0.05, 0.1) is 6.61 Å². The molecule has 6 heteroatoms. The monoisotopic (exact) mass is 464 g/mol. The van der Waals surface area contributed by atoms with Crippen LogP contribution in [0.3, 0.4) is 0 Å². The Balaban J connectivity index is 1.41. The minimum absolute atomic E-state index is 0.153. The van der Waals surface area contributed by atoms with Gasteiger partial charge in [-0.2, -0.15) is 0 Å². The van der Waals surface area contributed by atoms with Gasteiger partial charge in [-0.25, -0.2) is 4.79 Å². The smallest absolute Gasteiger partial charge is 0.329 e. The van der Waals surface area contributed by atoms with E-state index in [-0.39, 0.29) is 12.5 Å². The number of piperazine rings is 1. The zero-order chi connectivity index (χ0) is 23.0. The van der Waals surface area contributed by atoms with E-state index < -0.39 is 5.97 Å². The van der Waals surface area contributed by atoms with Gasteiger partial charge < -0.3 is 14.7 Å². The Hall–Kier alpha value is -2.86. The highest BCUT2D eigenvalue weighted by molar-refractivity contribution is 6.30. The van der Waals surface area contributed by atoms with Crippen LogP contribution in [-0.4, -0.2) is 61.9 Å². The van der Waals surface area contributed by atoms with Gasteiger partial charge in [0.15, 0.2) is 0 Å². The fourth-order valence-corrected chi connectivity index (χ4v) is 4.46. The number of anilines is 1. The predicted octanol–water partition coefficient (Wildman–Crippen LogP) is 4.74. The van der Waals surface area contributed by atoms with Crippen LogP contribution in [-0.2, 0) is 9.53 Å². The standard InChI is InChI=1S/C27H29ClN2O3/c28-24-10-6-22(7-11-24)27(21-4-2-1-3-5-21)23-8-12-25(13-9-23)30-16-14-29(15-17-30)18-19-33-20-26(31)32/h1-13,27H,14-20H2,(H,31,32). The first kappa shape index (κ1) is 23.3. The van der Waals surface area contributed by atoms with E-state index in [4.69, 9.17) is 21.4 Å². The molecule has 3 aromatic rings. The maximum Gasteiger partial charge on any atom is 0.329 e. The molecule has 33 heavy (non-hydrogen) atoms. The number of aliphatic carboxylic acids is 1. The van der Waals surface area contributed by atoms with Gasteiger partial charge in [0.2, 0.25) is 0 Å². The summed E-state index contributed by atoms with van der Waals surface area (Å²) in [6, 6.07) is 27.6. The van der Waals surface area contributed by atoms with Crippen LogP contribution in [0, 0.1) is 0 Å². The summed E-state index contributed by atoms with van der Waals surface area (Å²) in [7, 11) is 0. The van der Waals surface area contributed by atoms with Crippen LogP contribution in [0.15, 0.2) is 78.9 Å². The van der Waals surface area contributed by atoms with Crippen LogP contribution < -0.4 is 4.90 Å². The van der Waals surface area contributed by atoms with Crippen LogP contribution in [0.2, 0.25) is 5.02 Å². The molecule has 0 bridgehead atoms. The third-order valence-electron chi connectivity index (χ3n) is 6.08. The van der Waals surface area contributed by atoms with Crippen LogP contribution >= 0.6 is 11.6 Å². The van der Waals surface area contributed by atoms with E-state index in [0.717, 1.165) is 37.7 Å². The van der Waals surface area contributed by atoms with Crippen LogP contribution in [0.4, 0.5) is 5.69 Å². The number of hydrogen-bond donors (Lipinski definition) is 1. The van der Waals surface area contributed by atoms with Crippen molar-refractivity contribution in [2.45, 2.75) is 5.92 Å².